The number of hydrogen-bond donors (Lipinski definition) is 4. The molecule has 0 radical (unpaired) electrons. The SMILES string of the molecule is C=CC(=O)Nc1ccc(O)c(O)c1O. The van der Waals surface area contributed by atoms with Crippen molar-refractivity contribution >= 4 is 11.6 Å². The van der Waals surface area contributed by atoms with Crippen molar-refractivity contribution in [2.24, 2.45) is 0 Å². The number of phenols is 3. The third-order valence-electron chi connectivity index (χ3n) is 1.57. The zero-order valence-electron chi connectivity index (χ0n) is 7.19. The molecule has 5 nitrogen and oxygen atoms in total. The zero-order chi connectivity index (χ0) is 10.7. The van der Waals surface area contributed by atoms with Gasteiger partial charge in [0.2, 0.25) is 11.7 Å². The van der Waals surface area contributed by atoms with Gasteiger partial charge in [0, 0.05) is 0 Å². The van der Waals surface area contributed by atoms with Crippen LogP contribution in [0.1, 0.15) is 0 Å². The number of phenolic OH excluding ortho intramolecular Hbond substituents is 3. The normalized spacial score (nSPS) is 9.43. The number of carbonyl (C=O) groups is 1. The van der Waals surface area contributed by atoms with E-state index in [0.29, 0.717) is 0 Å². The lowest BCUT2D eigenvalue weighted by atomic mass is 10.2. The van der Waals surface area contributed by atoms with Crippen LogP contribution < -0.4 is 5.32 Å². The Bertz CT molecular complexity index is 387. The molecule has 1 rings (SSSR count). The van der Waals surface area contributed by atoms with Crippen molar-refractivity contribution in [1.82, 2.24) is 0 Å². The summed E-state index contributed by atoms with van der Waals surface area (Å²) < 4.78 is 0. The van der Waals surface area contributed by atoms with Crippen molar-refractivity contribution in [3.05, 3.63) is 24.8 Å². The Hall–Kier alpha value is -2.17. The summed E-state index contributed by atoms with van der Waals surface area (Å²) in [5.74, 6) is -2.24. The minimum atomic E-state index is -0.674. The van der Waals surface area contributed by atoms with Gasteiger partial charge in [-0.1, -0.05) is 6.58 Å². The lowest BCUT2D eigenvalue weighted by Gasteiger charge is -2.07. The molecule has 5 heteroatoms. The largest absolute Gasteiger partial charge is 0.504 e. The van der Waals surface area contributed by atoms with Crippen LogP contribution in [0.25, 0.3) is 0 Å². The van der Waals surface area contributed by atoms with Crippen molar-refractivity contribution in [1.29, 1.82) is 0 Å². The van der Waals surface area contributed by atoms with Gasteiger partial charge in [0.1, 0.15) is 0 Å². The van der Waals surface area contributed by atoms with Gasteiger partial charge in [-0.15, -0.1) is 0 Å². The molecule has 0 spiro atoms. The first-order valence-electron chi connectivity index (χ1n) is 3.73. The molecule has 0 aliphatic heterocycles. The van der Waals surface area contributed by atoms with Gasteiger partial charge in [-0.05, 0) is 18.2 Å². The first-order chi connectivity index (χ1) is 6.56. The molecule has 14 heavy (non-hydrogen) atoms. The molecule has 74 valence electrons. The Morgan fingerprint density at radius 1 is 1.29 bits per heavy atom. The van der Waals surface area contributed by atoms with Crippen LogP contribution in [0.3, 0.4) is 0 Å². The minimum absolute atomic E-state index is 0.00481. The summed E-state index contributed by atoms with van der Waals surface area (Å²) >= 11 is 0. The van der Waals surface area contributed by atoms with E-state index in [9.17, 15) is 9.90 Å². The molecule has 0 bridgehead atoms. The molecule has 1 aromatic rings. The van der Waals surface area contributed by atoms with Gasteiger partial charge < -0.3 is 20.6 Å². The molecule has 0 fully saturated rings. The minimum Gasteiger partial charge on any atom is -0.504 e. The van der Waals surface area contributed by atoms with Gasteiger partial charge in [0.15, 0.2) is 11.5 Å². The van der Waals surface area contributed by atoms with Crippen LogP contribution in [-0.2, 0) is 4.79 Å². The molecular weight excluding hydrogens is 186 g/mol. The lowest BCUT2D eigenvalue weighted by molar-refractivity contribution is -0.111. The number of anilines is 1. The highest BCUT2D eigenvalue weighted by molar-refractivity contribution is 6.00. The number of aromatic hydroxyl groups is 3. The fraction of sp³-hybridized carbons (Fsp3) is 0. The lowest BCUT2D eigenvalue weighted by Crippen LogP contribution is -2.07. The molecule has 0 aliphatic rings. The van der Waals surface area contributed by atoms with Crippen LogP contribution in [0.5, 0.6) is 17.2 Å². The summed E-state index contributed by atoms with van der Waals surface area (Å²) in [5.41, 5.74) is 0.00481. The molecule has 1 aromatic carbocycles. The Morgan fingerprint density at radius 2 is 1.93 bits per heavy atom. The summed E-state index contributed by atoms with van der Waals surface area (Å²) in [5, 5.41) is 29.6. The Morgan fingerprint density at radius 3 is 2.50 bits per heavy atom. The average Bonchev–Trinajstić information content (AvgIpc) is 2.19. The smallest absolute Gasteiger partial charge is 0.247 e. The highest BCUT2D eigenvalue weighted by atomic mass is 16.3. The zero-order valence-corrected chi connectivity index (χ0v) is 7.19. The Labute approximate surface area is 79.9 Å². The maximum Gasteiger partial charge on any atom is 0.247 e. The van der Waals surface area contributed by atoms with Crippen LogP contribution in [0.2, 0.25) is 0 Å². The number of hydrogen-bond acceptors (Lipinski definition) is 4. The van der Waals surface area contributed by atoms with E-state index in [1.165, 1.54) is 6.07 Å². The third kappa shape index (κ3) is 1.77. The summed E-state index contributed by atoms with van der Waals surface area (Å²) in [6, 6.07) is 2.40. The van der Waals surface area contributed by atoms with Gasteiger partial charge >= 0.3 is 0 Å². The summed E-state index contributed by atoms with van der Waals surface area (Å²) in [6.07, 6.45) is 1.02. The van der Waals surface area contributed by atoms with Crippen LogP contribution in [0, 0.1) is 0 Å². The number of amides is 1. The fourth-order valence-corrected chi connectivity index (χ4v) is 0.854. The fourth-order valence-electron chi connectivity index (χ4n) is 0.854. The van der Waals surface area contributed by atoms with Gasteiger partial charge in [-0.2, -0.15) is 0 Å². The molecule has 0 aliphatic carbocycles. The second kappa shape index (κ2) is 3.69. The van der Waals surface area contributed by atoms with E-state index in [0.717, 1.165) is 12.1 Å². The summed E-state index contributed by atoms with van der Waals surface area (Å²) in [4.78, 5) is 10.8. The van der Waals surface area contributed by atoms with Crippen molar-refractivity contribution in [3.63, 3.8) is 0 Å². The second-order valence-corrected chi connectivity index (χ2v) is 2.52. The van der Waals surface area contributed by atoms with Gasteiger partial charge in [-0.25, -0.2) is 0 Å². The Kier molecular flexibility index (Phi) is 2.62. The van der Waals surface area contributed by atoms with Crippen LogP contribution in [-0.4, -0.2) is 21.2 Å². The molecule has 0 saturated carbocycles. The molecule has 0 aromatic heterocycles. The third-order valence-corrected chi connectivity index (χ3v) is 1.57. The van der Waals surface area contributed by atoms with E-state index in [-0.39, 0.29) is 5.69 Å². The van der Waals surface area contributed by atoms with E-state index in [4.69, 9.17) is 10.2 Å². The van der Waals surface area contributed by atoms with Crippen molar-refractivity contribution in [3.8, 4) is 17.2 Å². The second-order valence-electron chi connectivity index (χ2n) is 2.52. The molecule has 0 unspecified atom stereocenters. The first-order valence-corrected chi connectivity index (χ1v) is 3.73. The van der Waals surface area contributed by atoms with Crippen LogP contribution >= 0.6 is 0 Å². The monoisotopic (exact) mass is 195 g/mol. The van der Waals surface area contributed by atoms with Gasteiger partial charge in [-0.3, -0.25) is 4.79 Å². The highest BCUT2D eigenvalue weighted by Crippen LogP contribution is 2.39. The quantitative estimate of drug-likeness (QED) is 0.321. The maximum absolute atomic E-state index is 10.8. The molecule has 0 saturated heterocycles. The predicted octanol–water partition coefficient (Wildman–Crippen LogP) is 0.928. The summed E-state index contributed by atoms with van der Waals surface area (Å²) in [6.45, 7) is 3.22. The predicted molar refractivity (Wildman–Crippen MR) is 50.3 cm³/mol. The molecule has 0 heterocycles. The first kappa shape index (κ1) is 9.91. The standard InChI is InChI=1S/C9H9NO4/c1-2-7(12)10-5-3-4-6(11)9(14)8(5)13/h2-4,11,13-14H,1H2,(H,10,12). The Balaban J connectivity index is 3.05. The van der Waals surface area contributed by atoms with Gasteiger partial charge in [0.25, 0.3) is 0 Å². The maximum atomic E-state index is 10.8. The van der Waals surface area contributed by atoms with E-state index in [1.54, 1.807) is 0 Å². The molecule has 1 amide bonds. The number of carbonyl (C=O) groups excluding carboxylic acids is 1. The highest BCUT2D eigenvalue weighted by Gasteiger charge is 2.11. The van der Waals surface area contributed by atoms with E-state index >= 15 is 0 Å². The molecule has 0 atom stereocenters. The van der Waals surface area contributed by atoms with E-state index < -0.39 is 23.2 Å². The number of benzene rings is 1. The van der Waals surface area contributed by atoms with Crippen molar-refractivity contribution in [2.45, 2.75) is 0 Å². The summed E-state index contributed by atoms with van der Waals surface area (Å²) in [7, 11) is 0. The van der Waals surface area contributed by atoms with E-state index in [1.807, 2.05) is 0 Å². The van der Waals surface area contributed by atoms with Crippen molar-refractivity contribution in [2.75, 3.05) is 5.32 Å². The van der Waals surface area contributed by atoms with Crippen LogP contribution in [0.4, 0.5) is 5.69 Å². The van der Waals surface area contributed by atoms with Gasteiger partial charge in [0.05, 0.1) is 5.69 Å². The topological polar surface area (TPSA) is 89.8 Å². The molecular formula is C9H9NO4. The average molecular weight is 195 g/mol. The van der Waals surface area contributed by atoms with E-state index in [2.05, 4.69) is 11.9 Å². The number of rotatable bonds is 2. The number of nitrogens with one attached hydrogen (secondary N) is 1. The van der Waals surface area contributed by atoms with Crippen LogP contribution in [0.15, 0.2) is 24.8 Å². The van der Waals surface area contributed by atoms with Crippen molar-refractivity contribution < 1.29 is 20.1 Å². The molecule has 4 N–H and O–H groups in total.